The van der Waals surface area contributed by atoms with Crippen molar-refractivity contribution < 1.29 is 14.7 Å². The summed E-state index contributed by atoms with van der Waals surface area (Å²) in [6.07, 6.45) is 3.48. The highest BCUT2D eigenvalue weighted by atomic mass is 16.4. The third-order valence-electron chi connectivity index (χ3n) is 4.94. The first-order chi connectivity index (χ1) is 13.5. The zero-order valence-corrected chi connectivity index (χ0v) is 15.7. The fourth-order valence-corrected chi connectivity index (χ4v) is 3.38. The van der Waals surface area contributed by atoms with Crippen molar-refractivity contribution >= 4 is 22.9 Å². The average molecular weight is 380 g/mol. The Labute approximate surface area is 163 Å². The van der Waals surface area contributed by atoms with Crippen LogP contribution < -0.4 is 10.6 Å². The van der Waals surface area contributed by atoms with Gasteiger partial charge < -0.3 is 20.7 Å². The Hall–Kier alpha value is -3.35. The predicted molar refractivity (Wildman–Crippen MR) is 107 cm³/mol. The minimum absolute atomic E-state index is 0.259. The van der Waals surface area contributed by atoms with Crippen LogP contribution in [0.15, 0.2) is 54.9 Å². The summed E-state index contributed by atoms with van der Waals surface area (Å²) in [5.74, 6) is -0.335. The van der Waals surface area contributed by atoms with E-state index < -0.39 is 11.6 Å². The first-order valence-electron chi connectivity index (χ1n) is 9.28. The Bertz CT molecular complexity index is 954. The van der Waals surface area contributed by atoms with E-state index in [1.165, 1.54) is 0 Å². The largest absolute Gasteiger partial charge is 0.465 e. The lowest BCUT2D eigenvalue weighted by molar-refractivity contribution is -0.127. The fourth-order valence-electron chi connectivity index (χ4n) is 3.38. The van der Waals surface area contributed by atoms with Gasteiger partial charge in [-0.3, -0.25) is 9.78 Å². The molecule has 0 fully saturated rings. The molecule has 2 aromatic heterocycles. The molecule has 0 aliphatic carbocycles. The molecule has 0 saturated carbocycles. The quantitative estimate of drug-likeness (QED) is 0.482. The topological polar surface area (TPSA) is 107 Å². The van der Waals surface area contributed by atoms with E-state index in [2.05, 4.69) is 20.6 Å². The van der Waals surface area contributed by atoms with Gasteiger partial charge in [0.2, 0.25) is 5.91 Å². The Balaban J connectivity index is 1.78. The average Bonchev–Trinajstić information content (AvgIpc) is 3.10. The predicted octanol–water partition coefficient (Wildman–Crippen LogP) is 2.88. The van der Waals surface area contributed by atoms with Gasteiger partial charge in [-0.1, -0.05) is 31.2 Å². The number of aromatic nitrogens is 2. The summed E-state index contributed by atoms with van der Waals surface area (Å²) in [6.45, 7) is 2.19. The summed E-state index contributed by atoms with van der Waals surface area (Å²) in [7, 11) is 0. The van der Waals surface area contributed by atoms with Gasteiger partial charge in [-0.05, 0) is 30.2 Å². The highest BCUT2D eigenvalue weighted by Gasteiger charge is 2.39. The maximum Gasteiger partial charge on any atom is 0.405 e. The Morgan fingerprint density at radius 3 is 2.68 bits per heavy atom. The second-order valence-corrected chi connectivity index (χ2v) is 6.73. The van der Waals surface area contributed by atoms with Crippen LogP contribution in [0.5, 0.6) is 0 Å². The van der Waals surface area contributed by atoms with Crippen LogP contribution in [0.25, 0.3) is 10.9 Å². The summed E-state index contributed by atoms with van der Waals surface area (Å²) in [5, 5.41) is 15.7. The number of carbonyl (C=O) groups excluding carboxylic acids is 1. The summed E-state index contributed by atoms with van der Waals surface area (Å²) in [5.41, 5.74) is 1.47. The van der Waals surface area contributed by atoms with Gasteiger partial charge in [0.05, 0.1) is 0 Å². The molecule has 3 rings (SSSR count). The molecule has 1 atom stereocenters. The molecular formula is C21H24N4O3. The van der Waals surface area contributed by atoms with Crippen LogP contribution in [0.3, 0.4) is 0 Å². The van der Waals surface area contributed by atoms with Crippen LogP contribution in [0, 0.1) is 0 Å². The van der Waals surface area contributed by atoms with Crippen LogP contribution in [0.1, 0.15) is 24.6 Å². The van der Waals surface area contributed by atoms with Crippen LogP contribution >= 0.6 is 0 Å². The van der Waals surface area contributed by atoms with Gasteiger partial charge in [0, 0.05) is 48.4 Å². The molecule has 7 heteroatoms. The molecule has 0 saturated heterocycles. The molecule has 3 aromatic rings. The number of nitrogens with zero attached hydrogens (tertiary/aromatic N) is 1. The minimum Gasteiger partial charge on any atom is -0.465 e. The van der Waals surface area contributed by atoms with Gasteiger partial charge in [0.1, 0.15) is 5.54 Å². The zero-order valence-electron chi connectivity index (χ0n) is 15.7. The summed E-state index contributed by atoms with van der Waals surface area (Å²) < 4.78 is 0. The molecule has 2 heterocycles. The first kappa shape index (κ1) is 19.4. The molecule has 146 valence electrons. The normalized spacial score (nSPS) is 13.0. The van der Waals surface area contributed by atoms with Crippen molar-refractivity contribution in [3.8, 4) is 0 Å². The molecular weight excluding hydrogens is 356 g/mol. The van der Waals surface area contributed by atoms with Gasteiger partial charge >= 0.3 is 6.09 Å². The van der Waals surface area contributed by atoms with Gasteiger partial charge in [-0.2, -0.15) is 0 Å². The van der Waals surface area contributed by atoms with E-state index in [-0.39, 0.29) is 12.3 Å². The van der Waals surface area contributed by atoms with Gasteiger partial charge in [-0.25, -0.2) is 4.79 Å². The zero-order chi connectivity index (χ0) is 20.0. The Morgan fingerprint density at radius 2 is 1.96 bits per heavy atom. The number of amides is 2. The molecule has 0 spiro atoms. The third kappa shape index (κ3) is 4.31. The monoisotopic (exact) mass is 380 g/mol. The van der Waals surface area contributed by atoms with Crippen molar-refractivity contribution in [1.29, 1.82) is 0 Å². The van der Waals surface area contributed by atoms with Crippen molar-refractivity contribution in [3.63, 3.8) is 0 Å². The maximum atomic E-state index is 13.0. The lowest BCUT2D eigenvalue weighted by Crippen LogP contribution is -2.59. The number of aromatic amines is 1. The van der Waals surface area contributed by atoms with Gasteiger partial charge in [0.25, 0.3) is 0 Å². The molecule has 7 nitrogen and oxygen atoms in total. The maximum absolute atomic E-state index is 13.0. The number of pyridine rings is 1. The third-order valence-corrected chi connectivity index (χ3v) is 4.94. The molecule has 0 aliphatic rings. The van der Waals surface area contributed by atoms with Crippen molar-refractivity contribution in [1.82, 2.24) is 20.6 Å². The molecule has 1 aromatic carbocycles. The summed E-state index contributed by atoms with van der Waals surface area (Å²) >= 11 is 0. The molecule has 2 amide bonds. The van der Waals surface area contributed by atoms with Crippen molar-refractivity contribution in [2.45, 2.75) is 31.7 Å². The van der Waals surface area contributed by atoms with Crippen LogP contribution in [-0.2, 0) is 17.6 Å². The van der Waals surface area contributed by atoms with E-state index in [9.17, 15) is 14.7 Å². The van der Waals surface area contributed by atoms with Gasteiger partial charge in [-0.15, -0.1) is 0 Å². The highest BCUT2D eigenvalue weighted by molar-refractivity contribution is 5.91. The smallest absolute Gasteiger partial charge is 0.405 e. The second-order valence-electron chi connectivity index (χ2n) is 6.73. The number of H-pyrrole nitrogens is 1. The van der Waals surface area contributed by atoms with E-state index in [1.807, 2.05) is 55.6 Å². The summed E-state index contributed by atoms with van der Waals surface area (Å²) in [4.78, 5) is 31.9. The number of nitrogens with one attached hydrogen (secondary N) is 3. The van der Waals surface area contributed by atoms with E-state index in [1.54, 1.807) is 6.20 Å². The standard InChI is InChI=1S/C21H24N4O3/c1-2-21(25-20(27)28,13-15-14-24-18-9-4-3-8-17(15)18)19(26)23-12-10-16-7-5-6-11-22-16/h3-9,11,14,24-25H,2,10,12-13H2,1H3,(H,23,26)(H,27,28). The van der Waals surface area contributed by atoms with E-state index in [0.717, 1.165) is 22.2 Å². The lowest BCUT2D eigenvalue weighted by Gasteiger charge is -2.31. The number of carbonyl (C=O) groups is 2. The van der Waals surface area contributed by atoms with Crippen LogP contribution in [-0.4, -0.2) is 39.2 Å². The number of hydrogen-bond donors (Lipinski definition) is 4. The van der Waals surface area contributed by atoms with Crippen molar-refractivity contribution in [3.05, 3.63) is 66.1 Å². The molecule has 0 aliphatic heterocycles. The second kappa shape index (κ2) is 8.56. The summed E-state index contributed by atoms with van der Waals surface area (Å²) in [6, 6.07) is 13.4. The number of fused-ring (bicyclic) bond motifs is 1. The van der Waals surface area contributed by atoms with Crippen molar-refractivity contribution in [2.24, 2.45) is 0 Å². The molecule has 0 bridgehead atoms. The van der Waals surface area contributed by atoms with Crippen molar-refractivity contribution in [2.75, 3.05) is 6.54 Å². The Kier molecular flexibility index (Phi) is 5.93. The number of para-hydroxylation sites is 1. The first-order valence-corrected chi connectivity index (χ1v) is 9.28. The van der Waals surface area contributed by atoms with E-state index >= 15 is 0 Å². The molecule has 0 radical (unpaired) electrons. The number of carboxylic acid groups (broad SMARTS) is 1. The molecule has 28 heavy (non-hydrogen) atoms. The minimum atomic E-state index is -1.25. The Morgan fingerprint density at radius 1 is 1.18 bits per heavy atom. The molecule has 4 N–H and O–H groups in total. The SMILES string of the molecule is CCC(Cc1c[nH]c2ccccc12)(NC(=O)O)C(=O)NCCc1ccccn1. The van der Waals surface area contributed by atoms with E-state index in [0.29, 0.717) is 19.4 Å². The highest BCUT2D eigenvalue weighted by Crippen LogP contribution is 2.25. The lowest BCUT2D eigenvalue weighted by atomic mass is 9.87. The van der Waals surface area contributed by atoms with E-state index in [4.69, 9.17) is 0 Å². The van der Waals surface area contributed by atoms with Crippen LogP contribution in [0.2, 0.25) is 0 Å². The van der Waals surface area contributed by atoms with Gasteiger partial charge in [0.15, 0.2) is 0 Å². The molecule has 1 unspecified atom stereocenters. The number of benzene rings is 1. The number of rotatable bonds is 8. The number of hydrogen-bond acceptors (Lipinski definition) is 3. The van der Waals surface area contributed by atoms with Crippen LogP contribution in [0.4, 0.5) is 4.79 Å². The fraction of sp³-hybridized carbons (Fsp3) is 0.286.